The Hall–Kier alpha value is -1.79. The molecule has 1 aliphatic rings. The van der Waals surface area contributed by atoms with Crippen molar-refractivity contribution in [1.29, 1.82) is 0 Å². The molecule has 0 bridgehead atoms. The molecule has 0 radical (unpaired) electrons. The lowest BCUT2D eigenvalue weighted by molar-refractivity contribution is 0.0582. The summed E-state index contributed by atoms with van der Waals surface area (Å²) in [5.41, 5.74) is 3.07. The van der Waals surface area contributed by atoms with Crippen molar-refractivity contribution in [2.75, 3.05) is 26.3 Å². The Labute approximate surface area is 127 Å². The number of rotatable bonds is 4. The van der Waals surface area contributed by atoms with E-state index in [2.05, 4.69) is 12.0 Å². The Kier molecular flexibility index (Phi) is 5.41. The smallest absolute Gasteiger partial charge is 0.253 e. The third kappa shape index (κ3) is 4.34. The van der Waals surface area contributed by atoms with E-state index in [4.69, 9.17) is 11.2 Å². The van der Waals surface area contributed by atoms with Gasteiger partial charge in [0.15, 0.2) is 0 Å². The molecule has 1 fully saturated rings. The summed E-state index contributed by atoms with van der Waals surface area (Å²) in [6, 6.07) is 6.03. The number of hydrogen-bond acceptors (Lipinski definition) is 2. The zero-order valence-electron chi connectivity index (χ0n) is 12.9. The molecule has 1 heterocycles. The van der Waals surface area contributed by atoms with Crippen molar-refractivity contribution in [1.82, 2.24) is 4.90 Å². The van der Waals surface area contributed by atoms with E-state index < -0.39 is 0 Å². The maximum atomic E-state index is 12.5. The minimum absolute atomic E-state index is 0.143. The van der Waals surface area contributed by atoms with Gasteiger partial charge in [-0.15, -0.1) is 6.42 Å². The van der Waals surface area contributed by atoms with Gasteiger partial charge in [-0.1, -0.05) is 23.1 Å². The molecular weight excluding hydrogens is 262 g/mol. The molecule has 21 heavy (non-hydrogen) atoms. The minimum Gasteiger partial charge on any atom is -0.369 e. The highest BCUT2D eigenvalue weighted by molar-refractivity contribution is 5.94. The van der Waals surface area contributed by atoms with E-state index in [0.29, 0.717) is 19.1 Å². The quantitative estimate of drug-likeness (QED) is 0.629. The Balaban J connectivity index is 1.90. The van der Waals surface area contributed by atoms with Gasteiger partial charge >= 0.3 is 0 Å². The molecule has 1 aromatic rings. The maximum Gasteiger partial charge on any atom is 0.253 e. The Bertz CT molecular complexity index is 516. The second-order valence-corrected chi connectivity index (χ2v) is 5.83. The van der Waals surface area contributed by atoms with Crippen LogP contribution in [0.5, 0.6) is 0 Å². The molecule has 112 valence electrons. The highest BCUT2D eigenvalue weighted by atomic mass is 16.5. The van der Waals surface area contributed by atoms with Crippen LogP contribution in [0, 0.1) is 32.1 Å². The number of amides is 1. The summed E-state index contributed by atoms with van der Waals surface area (Å²) in [6.45, 7) is 6.74. The normalized spacial score (nSPS) is 15.8. The van der Waals surface area contributed by atoms with Crippen LogP contribution in [-0.2, 0) is 4.74 Å². The number of aryl methyl sites for hydroxylation is 2. The molecule has 1 aromatic carbocycles. The van der Waals surface area contributed by atoms with Gasteiger partial charge in [0.05, 0.1) is 6.61 Å². The van der Waals surface area contributed by atoms with Gasteiger partial charge in [-0.2, -0.15) is 0 Å². The average Bonchev–Trinajstić information content (AvgIpc) is 2.46. The third-order valence-corrected chi connectivity index (χ3v) is 3.91. The lowest BCUT2D eigenvalue weighted by atomic mass is 9.97. The summed E-state index contributed by atoms with van der Waals surface area (Å²) in [5.74, 6) is 3.14. The number of carbonyl (C=O) groups is 1. The Morgan fingerprint density at radius 3 is 2.48 bits per heavy atom. The van der Waals surface area contributed by atoms with Crippen molar-refractivity contribution in [2.24, 2.45) is 5.92 Å². The Morgan fingerprint density at radius 1 is 1.29 bits per heavy atom. The number of likely N-dealkylation sites (tertiary alicyclic amines) is 1. The van der Waals surface area contributed by atoms with Crippen molar-refractivity contribution in [3.63, 3.8) is 0 Å². The number of benzene rings is 1. The van der Waals surface area contributed by atoms with Crippen LogP contribution in [0.2, 0.25) is 0 Å². The number of ether oxygens (including phenoxy) is 1. The fourth-order valence-electron chi connectivity index (χ4n) is 2.87. The van der Waals surface area contributed by atoms with Gasteiger partial charge in [-0.05, 0) is 44.7 Å². The molecule has 0 aromatic heterocycles. The number of terminal acetylenes is 1. The molecule has 1 amide bonds. The van der Waals surface area contributed by atoms with Gasteiger partial charge in [0.2, 0.25) is 0 Å². The van der Waals surface area contributed by atoms with Gasteiger partial charge in [0.1, 0.15) is 6.61 Å². The first-order valence-electron chi connectivity index (χ1n) is 7.49. The van der Waals surface area contributed by atoms with Gasteiger partial charge in [-0.25, -0.2) is 0 Å². The van der Waals surface area contributed by atoms with Crippen molar-refractivity contribution < 1.29 is 9.53 Å². The fourth-order valence-corrected chi connectivity index (χ4v) is 2.87. The van der Waals surface area contributed by atoms with Gasteiger partial charge in [-0.3, -0.25) is 4.79 Å². The molecule has 0 saturated carbocycles. The molecule has 3 heteroatoms. The molecule has 2 rings (SSSR count). The van der Waals surface area contributed by atoms with Crippen molar-refractivity contribution in [3.05, 3.63) is 34.9 Å². The van der Waals surface area contributed by atoms with Crippen LogP contribution in [0.4, 0.5) is 0 Å². The number of piperidine rings is 1. The van der Waals surface area contributed by atoms with Crippen LogP contribution in [0.15, 0.2) is 18.2 Å². The van der Waals surface area contributed by atoms with E-state index in [1.165, 1.54) is 0 Å². The highest BCUT2D eigenvalue weighted by Crippen LogP contribution is 2.20. The van der Waals surface area contributed by atoms with Crippen LogP contribution in [-0.4, -0.2) is 37.1 Å². The second-order valence-electron chi connectivity index (χ2n) is 5.83. The second kappa shape index (κ2) is 7.28. The highest BCUT2D eigenvalue weighted by Gasteiger charge is 2.23. The largest absolute Gasteiger partial charge is 0.369 e. The molecule has 0 aliphatic carbocycles. The first kappa shape index (κ1) is 15.6. The first-order chi connectivity index (χ1) is 10.1. The monoisotopic (exact) mass is 285 g/mol. The van der Waals surface area contributed by atoms with Crippen LogP contribution in [0.25, 0.3) is 0 Å². The fraction of sp³-hybridized carbons (Fsp3) is 0.500. The van der Waals surface area contributed by atoms with Crippen molar-refractivity contribution >= 4 is 5.91 Å². The maximum absolute atomic E-state index is 12.5. The van der Waals surface area contributed by atoms with Gasteiger partial charge in [0, 0.05) is 18.7 Å². The summed E-state index contributed by atoms with van der Waals surface area (Å²) in [6.07, 6.45) is 7.14. The van der Waals surface area contributed by atoms with Crippen LogP contribution < -0.4 is 0 Å². The van der Waals surface area contributed by atoms with E-state index >= 15 is 0 Å². The summed E-state index contributed by atoms with van der Waals surface area (Å²) >= 11 is 0. The Morgan fingerprint density at radius 2 is 1.90 bits per heavy atom. The SMILES string of the molecule is C#CCOCC1CCN(C(=O)c2cc(C)cc(C)c2)CC1. The van der Waals surface area contributed by atoms with Crippen molar-refractivity contribution in [2.45, 2.75) is 26.7 Å². The number of nitrogens with zero attached hydrogens (tertiary/aromatic N) is 1. The summed E-state index contributed by atoms with van der Waals surface area (Å²) in [7, 11) is 0. The average molecular weight is 285 g/mol. The summed E-state index contributed by atoms with van der Waals surface area (Å²) in [5, 5.41) is 0. The lowest BCUT2D eigenvalue weighted by Gasteiger charge is -2.32. The molecule has 0 spiro atoms. The number of hydrogen-bond donors (Lipinski definition) is 0. The van der Waals surface area contributed by atoms with E-state index in [9.17, 15) is 4.79 Å². The third-order valence-electron chi connectivity index (χ3n) is 3.91. The predicted molar refractivity (Wildman–Crippen MR) is 84.2 cm³/mol. The molecule has 3 nitrogen and oxygen atoms in total. The van der Waals surface area contributed by atoms with Gasteiger partial charge < -0.3 is 9.64 Å². The van der Waals surface area contributed by atoms with Crippen molar-refractivity contribution in [3.8, 4) is 12.3 Å². The molecule has 0 N–H and O–H groups in total. The first-order valence-corrected chi connectivity index (χ1v) is 7.49. The topological polar surface area (TPSA) is 29.5 Å². The zero-order chi connectivity index (χ0) is 15.2. The predicted octanol–water partition coefficient (Wildman–Crippen LogP) is 2.81. The van der Waals surface area contributed by atoms with E-state index in [1.807, 2.05) is 30.9 Å². The van der Waals surface area contributed by atoms with Crippen LogP contribution in [0.1, 0.15) is 34.3 Å². The summed E-state index contributed by atoms with van der Waals surface area (Å²) in [4.78, 5) is 14.5. The molecule has 0 atom stereocenters. The molecule has 1 aliphatic heterocycles. The molecule has 1 saturated heterocycles. The number of carbonyl (C=O) groups excluding carboxylic acids is 1. The van der Waals surface area contributed by atoms with Crippen LogP contribution in [0.3, 0.4) is 0 Å². The van der Waals surface area contributed by atoms with E-state index in [-0.39, 0.29) is 5.91 Å². The molecular formula is C18H23NO2. The lowest BCUT2D eigenvalue weighted by Crippen LogP contribution is -2.39. The van der Waals surface area contributed by atoms with Gasteiger partial charge in [0.25, 0.3) is 5.91 Å². The van der Waals surface area contributed by atoms with Crippen LogP contribution >= 0.6 is 0 Å². The standard InChI is InChI=1S/C18H23NO2/c1-4-9-21-13-16-5-7-19(8-6-16)18(20)17-11-14(2)10-15(3)12-17/h1,10-12,16H,5-9,13H2,2-3H3. The van der Waals surface area contributed by atoms with E-state index in [1.54, 1.807) is 0 Å². The summed E-state index contributed by atoms with van der Waals surface area (Å²) < 4.78 is 5.39. The molecule has 0 unspecified atom stereocenters. The minimum atomic E-state index is 0.143. The van der Waals surface area contributed by atoms with E-state index in [0.717, 1.165) is 42.6 Å². The zero-order valence-corrected chi connectivity index (χ0v) is 12.9.